The minimum absolute atomic E-state index is 0.0973. The summed E-state index contributed by atoms with van der Waals surface area (Å²) in [5.41, 5.74) is 5.26. The summed E-state index contributed by atoms with van der Waals surface area (Å²) in [7, 11) is 0. The van der Waals surface area contributed by atoms with E-state index in [2.05, 4.69) is 6.92 Å². The molecule has 2 heteroatoms. The molecule has 7 heavy (non-hydrogen) atoms. The maximum Gasteiger partial charge on any atom is 0.102 e. The molecule has 0 aromatic carbocycles. The van der Waals surface area contributed by atoms with Crippen LogP contribution in [0.25, 0.3) is 0 Å². The molecule has 0 rings (SSSR count). The van der Waals surface area contributed by atoms with Gasteiger partial charge in [0.1, 0.15) is 6.23 Å². The first-order valence-electron chi connectivity index (χ1n) is 2.64. The van der Waals surface area contributed by atoms with E-state index >= 15 is 0 Å². The van der Waals surface area contributed by atoms with Crippen LogP contribution in [0.15, 0.2) is 0 Å². The average Bonchev–Trinajstić information content (AvgIpc) is 1.61. The van der Waals surface area contributed by atoms with Gasteiger partial charge in [0.25, 0.3) is 0 Å². The molecule has 0 saturated heterocycles. The van der Waals surface area contributed by atoms with E-state index in [1.165, 1.54) is 0 Å². The summed E-state index contributed by atoms with van der Waals surface area (Å²) in [6.45, 7) is 4.66. The second kappa shape index (κ2) is 4.09. The lowest BCUT2D eigenvalue weighted by atomic mass is 10.5. The first kappa shape index (κ1) is 6.92. The van der Waals surface area contributed by atoms with E-state index < -0.39 is 0 Å². The minimum atomic E-state index is -0.0973. The van der Waals surface area contributed by atoms with Crippen molar-refractivity contribution >= 4 is 0 Å². The van der Waals surface area contributed by atoms with Crippen LogP contribution in [0.1, 0.15) is 20.3 Å². The van der Waals surface area contributed by atoms with Crippen molar-refractivity contribution in [1.82, 2.24) is 0 Å². The van der Waals surface area contributed by atoms with Gasteiger partial charge in [-0.15, -0.1) is 0 Å². The predicted octanol–water partition coefficient (Wildman–Crippen LogP) is 0.718. The zero-order valence-corrected chi connectivity index (χ0v) is 4.98. The molecule has 0 aromatic heterocycles. The Bertz CT molecular complexity index is 37.1. The smallest absolute Gasteiger partial charge is 0.102 e. The van der Waals surface area contributed by atoms with E-state index in [-0.39, 0.29) is 6.23 Å². The summed E-state index contributed by atoms with van der Waals surface area (Å²) < 4.78 is 4.97. The highest BCUT2D eigenvalue weighted by Gasteiger charge is 1.86. The van der Waals surface area contributed by atoms with Crippen LogP contribution in [-0.4, -0.2) is 12.8 Å². The molecule has 0 bridgehead atoms. The quantitative estimate of drug-likeness (QED) is 0.534. The molecule has 0 aliphatic carbocycles. The Morgan fingerprint density at radius 2 is 2.29 bits per heavy atom. The van der Waals surface area contributed by atoms with Gasteiger partial charge in [-0.3, -0.25) is 0 Å². The highest BCUT2D eigenvalue weighted by Crippen LogP contribution is 1.81. The van der Waals surface area contributed by atoms with Crippen molar-refractivity contribution in [3.63, 3.8) is 0 Å². The van der Waals surface area contributed by atoms with E-state index in [9.17, 15) is 0 Å². The largest absolute Gasteiger partial charge is 0.364 e. The van der Waals surface area contributed by atoms with Gasteiger partial charge < -0.3 is 10.5 Å². The number of hydrogen-bond donors (Lipinski definition) is 1. The number of nitrogens with two attached hydrogens (primary N) is 1. The fourth-order valence-electron chi connectivity index (χ4n) is 0.304. The highest BCUT2D eigenvalue weighted by atomic mass is 16.5. The zero-order chi connectivity index (χ0) is 5.70. The minimum Gasteiger partial charge on any atom is -0.364 e. The molecule has 1 atom stereocenters. The second-order valence-electron chi connectivity index (χ2n) is 1.58. The summed E-state index contributed by atoms with van der Waals surface area (Å²) in [5, 5.41) is 0. The molecule has 2 N–H and O–H groups in total. The predicted molar refractivity (Wildman–Crippen MR) is 29.9 cm³/mol. The number of ether oxygens (including phenoxy) is 1. The Kier molecular flexibility index (Phi) is 4.04. The maximum absolute atomic E-state index is 5.26. The molecule has 0 amide bonds. The number of hydrogen-bond acceptors (Lipinski definition) is 2. The topological polar surface area (TPSA) is 35.2 Å². The van der Waals surface area contributed by atoms with E-state index in [0.29, 0.717) is 0 Å². The van der Waals surface area contributed by atoms with Crippen molar-refractivity contribution < 1.29 is 4.74 Å². The maximum atomic E-state index is 5.26. The van der Waals surface area contributed by atoms with Crippen LogP contribution < -0.4 is 5.73 Å². The zero-order valence-electron chi connectivity index (χ0n) is 4.98. The lowest BCUT2D eigenvalue weighted by Gasteiger charge is -2.03. The Morgan fingerprint density at radius 3 is 2.43 bits per heavy atom. The molecule has 0 saturated carbocycles. The summed E-state index contributed by atoms with van der Waals surface area (Å²) >= 11 is 0. The Labute approximate surface area is 44.7 Å². The fraction of sp³-hybridized carbons (Fsp3) is 1.00. The van der Waals surface area contributed by atoms with Gasteiger partial charge in [-0.2, -0.15) is 0 Å². The third kappa shape index (κ3) is 5.92. The van der Waals surface area contributed by atoms with Crippen molar-refractivity contribution in [1.29, 1.82) is 0 Å². The molecule has 0 aliphatic rings. The average molecular weight is 103 g/mol. The van der Waals surface area contributed by atoms with Crippen molar-refractivity contribution in [2.75, 3.05) is 6.61 Å². The summed E-state index contributed by atoms with van der Waals surface area (Å²) in [4.78, 5) is 0. The van der Waals surface area contributed by atoms with E-state index in [1.807, 2.05) is 6.92 Å². The normalized spacial score (nSPS) is 14.1. The van der Waals surface area contributed by atoms with E-state index in [1.54, 1.807) is 0 Å². The molecule has 0 heterocycles. The molecule has 0 fully saturated rings. The number of rotatable bonds is 3. The summed E-state index contributed by atoms with van der Waals surface area (Å²) in [6.07, 6.45) is 0.946. The van der Waals surface area contributed by atoms with Crippen LogP contribution in [-0.2, 0) is 4.74 Å². The Balaban J connectivity index is 2.68. The van der Waals surface area contributed by atoms with Gasteiger partial charge in [-0.25, -0.2) is 0 Å². The fourth-order valence-corrected chi connectivity index (χ4v) is 0.304. The SMILES string of the molecule is CCCOC(C)N. The Hall–Kier alpha value is -0.0800. The molecular weight excluding hydrogens is 90.1 g/mol. The third-order valence-corrected chi connectivity index (χ3v) is 0.585. The molecule has 44 valence electrons. The molecule has 2 nitrogen and oxygen atoms in total. The first-order valence-corrected chi connectivity index (χ1v) is 2.64. The van der Waals surface area contributed by atoms with Crippen LogP contribution >= 0.6 is 0 Å². The van der Waals surface area contributed by atoms with Gasteiger partial charge in [0.15, 0.2) is 0 Å². The van der Waals surface area contributed by atoms with Crippen LogP contribution in [0.3, 0.4) is 0 Å². The molecule has 1 unspecified atom stereocenters. The first-order chi connectivity index (χ1) is 3.27. The second-order valence-corrected chi connectivity index (χ2v) is 1.58. The van der Waals surface area contributed by atoms with Gasteiger partial charge in [-0.05, 0) is 13.3 Å². The van der Waals surface area contributed by atoms with Crippen molar-refractivity contribution in [3.8, 4) is 0 Å². The van der Waals surface area contributed by atoms with Gasteiger partial charge in [0, 0.05) is 6.61 Å². The standard InChI is InChI=1S/C5H13NO/c1-3-4-7-5(2)6/h5H,3-4,6H2,1-2H3. The monoisotopic (exact) mass is 103 g/mol. The molecule has 0 spiro atoms. The van der Waals surface area contributed by atoms with Crippen molar-refractivity contribution in [2.45, 2.75) is 26.5 Å². The molecular formula is C5H13NO. The molecule has 0 radical (unpaired) electrons. The third-order valence-electron chi connectivity index (χ3n) is 0.585. The lowest BCUT2D eigenvalue weighted by molar-refractivity contribution is 0.0712. The van der Waals surface area contributed by atoms with Crippen LogP contribution in [0.2, 0.25) is 0 Å². The van der Waals surface area contributed by atoms with Crippen LogP contribution in [0.5, 0.6) is 0 Å². The summed E-state index contributed by atoms with van der Waals surface area (Å²) in [6, 6.07) is 0. The molecule has 0 aromatic rings. The van der Waals surface area contributed by atoms with E-state index in [4.69, 9.17) is 10.5 Å². The molecule has 0 aliphatic heterocycles. The van der Waals surface area contributed by atoms with Gasteiger partial charge in [0.2, 0.25) is 0 Å². The van der Waals surface area contributed by atoms with Gasteiger partial charge in [-0.1, -0.05) is 6.92 Å². The lowest BCUT2D eigenvalue weighted by Crippen LogP contribution is -2.19. The van der Waals surface area contributed by atoms with Crippen molar-refractivity contribution in [2.24, 2.45) is 5.73 Å². The Morgan fingerprint density at radius 1 is 1.71 bits per heavy atom. The van der Waals surface area contributed by atoms with E-state index in [0.717, 1.165) is 13.0 Å². The van der Waals surface area contributed by atoms with Crippen molar-refractivity contribution in [3.05, 3.63) is 0 Å². The highest BCUT2D eigenvalue weighted by molar-refractivity contribution is 4.31. The van der Waals surface area contributed by atoms with Crippen LogP contribution in [0.4, 0.5) is 0 Å². The van der Waals surface area contributed by atoms with Gasteiger partial charge >= 0.3 is 0 Å². The summed E-state index contributed by atoms with van der Waals surface area (Å²) in [5.74, 6) is 0. The van der Waals surface area contributed by atoms with Gasteiger partial charge in [0.05, 0.1) is 0 Å². The van der Waals surface area contributed by atoms with Crippen LogP contribution in [0, 0.1) is 0 Å².